The van der Waals surface area contributed by atoms with Gasteiger partial charge in [-0.25, -0.2) is 9.59 Å². The minimum absolute atomic E-state index is 0.328. The highest BCUT2D eigenvalue weighted by molar-refractivity contribution is 5.96. The van der Waals surface area contributed by atoms with Crippen molar-refractivity contribution in [3.8, 4) is 0 Å². The van der Waals surface area contributed by atoms with E-state index in [1.165, 1.54) is 0 Å². The van der Waals surface area contributed by atoms with Gasteiger partial charge < -0.3 is 10.4 Å². The third-order valence-electron chi connectivity index (χ3n) is 3.31. The highest BCUT2D eigenvalue weighted by atomic mass is 16.4. The molecule has 0 saturated heterocycles. The topological polar surface area (TPSA) is 69.6 Å². The third-order valence-corrected chi connectivity index (χ3v) is 3.31. The van der Waals surface area contributed by atoms with E-state index in [-0.39, 0.29) is 6.03 Å². The summed E-state index contributed by atoms with van der Waals surface area (Å²) in [4.78, 5) is 24.8. The average Bonchev–Trinajstić information content (AvgIpc) is 2.81. The van der Waals surface area contributed by atoms with Crippen molar-refractivity contribution in [2.45, 2.75) is 32.2 Å². The number of carbonyl (C=O) groups is 2. The molecule has 1 aliphatic heterocycles. The van der Waals surface area contributed by atoms with Gasteiger partial charge in [-0.3, -0.25) is 4.90 Å². The Labute approximate surface area is 112 Å². The maximum atomic E-state index is 12.1. The van der Waals surface area contributed by atoms with Crippen molar-refractivity contribution in [1.29, 1.82) is 0 Å². The lowest BCUT2D eigenvalue weighted by atomic mass is 10.2. The number of nitrogens with one attached hydrogen (secondary N) is 1. The Kier molecular flexibility index (Phi) is 4.04. The number of hydrogen-bond acceptors (Lipinski definition) is 2. The second-order valence-corrected chi connectivity index (χ2v) is 4.66. The monoisotopic (exact) mass is 262 g/mol. The van der Waals surface area contributed by atoms with Crippen molar-refractivity contribution in [2.24, 2.45) is 0 Å². The zero-order chi connectivity index (χ0) is 13.8. The van der Waals surface area contributed by atoms with Gasteiger partial charge in [-0.2, -0.15) is 0 Å². The Morgan fingerprint density at radius 3 is 2.84 bits per heavy atom. The molecule has 0 fully saturated rings. The third kappa shape index (κ3) is 2.86. The highest BCUT2D eigenvalue weighted by Crippen LogP contribution is 2.27. The van der Waals surface area contributed by atoms with E-state index in [1.54, 1.807) is 4.90 Å². The highest BCUT2D eigenvalue weighted by Gasteiger charge is 2.27. The molecule has 1 aromatic carbocycles. The number of carboxylic acid groups (broad SMARTS) is 1. The molecule has 2 amide bonds. The van der Waals surface area contributed by atoms with Gasteiger partial charge in [-0.1, -0.05) is 31.5 Å². The predicted octanol–water partition coefficient (Wildman–Crippen LogP) is 2.01. The summed E-state index contributed by atoms with van der Waals surface area (Å²) < 4.78 is 0. The minimum atomic E-state index is -0.984. The van der Waals surface area contributed by atoms with Crippen molar-refractivity contribution >= 4 is 17.7 Å². The van der Waals surface area contributed by atoms with Gasteiger partial charge in [-0.05, 0) is 24.5 Å². The number of urea groups is 1. The van der Waals surface area contributed by atoms with Crippen LogP contribution in [0.25, 0.3) is 0 Å². The SMILES string of the molecule is CCC[C@H](NC(=O)N1CCc2ccccc21)C(=O)O. The molecule has 1 heterocycles. The lowest BCUT2D eigenvalue weighted by molar-refractivity contribution is -0.139. The Hall–Kier alpha value is -2.04. The van der Waals surface area contributed by atoms with Gasteiger partial charge in [0.2, 0.25) is 0 Å². The zero-order valence-electron chi connectivity index (χ0n) is 10.9. The second-order valence-electron chi connectivity index (χ2n) is 4.66. The summed E-state index contributed by atoms with van der Waals surface area (Å²) in [6.07, 6.45) is 1.97. The van der Waals surface area contributed by atoms with Crippen molar-refractivity contribution in [1.82, 2.24) is 5.32 Å². The van der Waals surface area contributed by atoms with Crippen LogP contribution in [0.1, 0.15) is 25.3 Å². The summed E-state index contributed by atoms with van der Waals surface area (Å²) in [5.41, 5.74) is 2.00. The molecule has 1 atom stereocenters. The molecule has 5 nitrogen and oxygen atoms in total. The van der Waals surface area contributed by atoms with Gasteiger partial charge in [0.15, 0.2) is 0 Å². The zero-order valence-corrected chi connectivity index (χ0v) is 10.9. The van der Waals surface area contributed by atoms with Crippen molar-refractivity contribution in [3.63, 3.8) is 0 Å². The fourth-order valence-corrected chi connectivity index (χ4v) is 2.32. The van der Waals surface area contributed by atoms with Gasteiger partial charge in [0, 0.05) is 12.2 Å². The molecule has 5 heteroatoms. The van der Waals surface area contributed by atoms with E-state index in [0.717, 1.165) is 17.7 Å². The molecule has 0 radical (unpaired) electrons. The van der Waals surface area contributed by atoms with E-state index in [1.807, 2.05) is 31.2 Å². The number of para-hydroxylation sites is 1. The number of benzene rings is 1. The average molecular weight is 262 g/mol. The smallest absolute Gasteiger partial charge is 0.326 e. The van der Waals surface area contributed by atoms with E-state index in [9.17, 15) is 9.59 Å². The molecule has 1 aliphatic rings. The summed E-state index contributed by atoms with van der Waals surface area (Å²) in [7, 11) is 0. The molecule has 0 bridgehead atoms. The van der Waals surface area contributed by atoms with Crippen LogP contribution >= 0.6 is 0 Å². The predicted molar refractivity (Wildman–Crippen MR) is 72.4 cm³/mol. The summed E-state index contributed by atoms with van der Waals surface area (Å²) in [6.45, 7) is 2.50. The number of hydrogen-bond donors (Lipinski definition) is 2. The van der Waals surface area contributed by atoms with Crippen LogP contribution in [0.15, 0.2) is 24.3 Å². The number of carbonyl (C=O) groups excluding carboxylic acids is 1. The van der Waals surface area contributed by atoms with Gasteiger partial charge in [-0.15, -0.1) is 0 Å². The van der Waals surface area contributed by atoms with E-state index >= 15 is 0 Å². The maximum absolute atomic E-state index is 12.1. The van der Waals surface area contributed by atoms with Crippen LogP contribution in [0.3, 0.4) is 0 Å². The molecule has 0 unspecified atom stereocenters. The molecule has 2 rings (SSSR count). The van der Waals surface area contributed by atoms with Crippen LogP contribution in [0, 0.1) is 0 Å². The number of nitrogens with zero attached hydrogens (tertiary/aromatic N) is 1. The van der Waals surface area contributed by atoms with Crippen LogP contribution < -0.4 is 10.2 Å². The molecule has 0 aliphatic carbocycles. The molecule has 19 heavy (non-hydrogen) atoms. The number of rotatable bonds is 4. The lowest BCUT2D eigenvalue weighted by Gasteiger charge is -2.21. The fraction of sp³-hybridized carbons (Fsp3) is 0.429. The summed E-state index contributed by atoms with van der Waals surface area (Å²) in [6, 6.07) is 6.56. The molecule has 1 aromatic rings. The van der Waals surface area contributed by atoms with Crippen LogP contribution in [-0.2, 0) is 11.2 Å². The molecular weight excluding hydrogens is 244 g/mol. The van der Waals surface area contributed by atoms with E-state index < -0.39 is 12.0 Å². The van der Waals surface area contributed by atoms with Crippen LogP contribution in [-0.4, -0.2) is 29.7 Å². The largest absolute Gasteiger partial charge is 0.480 e. The lowest BCUT2D eigenvalue weighted by Crippen LogP contribution is -2.47. The number of fused-ring (bicyclic) bond motifs is 1. The van der Waals surface area contributed by atoms with Crippen LogP contribution in [0.4, 0.5) is 10.5 Å². The van der Waals surface area contributed by atoms with Gasteiger partial charge in [0.25, 0.3) is 0 Å². The second kappa shape index (κ2) is 5.73. The van der Waals surface area contributed by atoms with E-state index in [0.29, 0.717) is 19.4 Å². The van der Waals surface area contributed by atoms with Crippen molar-refractivity contribution < 1.29 is 14.7 Å². The Morgan fingerprint density at radius 1 is 1.42 bits per heavy atom. The first-order chi connectivity index (χ1) is 9.13. The standard InChI is InChI=1S/C14H18N2O3/c1-2-5-11(13(17)18)15-14(19)16-9-8-10-6-3-4-7-12(10)16/h3-4,6-7,11H,2,5,8-9H2,1H3,(H,15,19)(H,17,18)/t11-/m0/s1. The molecule has 0 aromatic heterocycles. The maximum Gasteiger partial charge on any atom is 0.326 e. The van der Waals surface area contributed by atoms with Gasteiger partial charge in [0.1, 0.15) is 6.04 Å². The fourth-order valence-electron chi connectivity index (χ4n) is 2.32. The number of amides is 2. The molecule has 102 valence electrons. The molecule has 2 N–H and O–H groups in total. The van der Waals surface area contributed by atoms with Crippen LogP contribution in [0.2, 0.25) is 0 Å². The van der Waals surface area contributed by atoms with Gasteiger partial charge in [0.05, 0.1) is 0 Å². The van der Waals surface area contributed by atoms with E-state index in [2.05, 4.69) is 5.32 Å². The Bertz CT molecular complexity index is 487. The molecular formula is C14H18N2O3. The number of anilines is 1. The van der Waals surface area contributed by atoms with Crippen LogP contribution in [0.5, 0.6) is 0 Å². The van der Waals surface area contributed by atoms with Crippen molar-refractivity contribution in [2.75, 3.05) is 11.4 Å². The van der Waals surface area contributed by atoms with E-state index in [4.69, 9.17) is 5.11 Å². The first-order valence-electron chi connectivity index (χ1n) is 6.52. The first kappa shape index (κ1) is 13.4. The van der Waals surface area contributed by atoms with Crippen molar-refractivity contribution in [3.05, 3.63) is 29.8 Å². The first-order valence-corrected chi connectivity index (χ1v) is 6.52. The summed E-state index contributed by atoms with van der Waals surface area (Å²) in [5, 5.41) is 11.6. The molecule has 0 spiro atoms. The number of aliphatic carboxylic acids is 1. The quantitative estimate of drug-likeness (QED) is 0.872. The van der Waals surface area contributed by atoms with Gasteiger partial charge >= 0.3 is 12.0 Å². The Balaban J connectivity index is 2.07. The summed E-state index contributed by atoms with van der Waals surface area (Å²) >= 11 is 0. The molecule has 0 saturated carbocycles. The minimum Gasteiger partial charge on any atom is -0.480 e. The Morgan fingerprint density at radius 2 is 2.16 bits per heavy atom. The summed E-state index contributed by atoms with van der Waals surface area (Å²) in [5.74, 6) is -0.984. The number of carboxylic acids is 1. The normalized spacial score (nSPS) is 14.9.